The monoisotopic (exact) mass is 278 g/mol. The van der Waals surface area contributed by atoms with E-state index in [4.69, 9.17) is 0 Å². The smallest absolute Gasteiger partial charge is 0.323 e. The SMILES string of the molecule is CC(C)NC(C)(CCCN(C)c1ccccc1)C(=O)O. The number of nitrogens with zero attached hydrogens (tertiary/aromatic N) is 1. The number of hydrogen-bond acceptors (Lipinski definition) is 3. The quantitative estimate of drug-likeness (QED) is 0.767. The average molecular weight is 278 g/mol. The van der Waals surface area contributed by atoms with E-state index in [9.17, 15) is 9.90 Å². The summed E-state index contributed by atoms with van der Waals surface area (Å²) in [7, 11) is 2.03. The topological polar surface area (TPSA) is 52.6 Å². The molecule has 0 spiro atoms. The number of benzene rings is 1. The van der Waals surface area contributed by atoms with Gasteiger partial charge in [0.1, 0.15) is 5.54 Å². The highest BCUT2D eigenvalue weighted by Crippen LogP contribution is 2.17. The summed E-state index contributed by atoms with van der Waals surface area (Å²) in [6, 6.07) is 10.3. The van der Waals surface area contributed by atoms with Crippen molar-refractivity contribution in [2.75, 3.05) is 18.5 Å². The second-order valence-electron chi connectivity index (χ2n) is 5.80. The maximum Gasteiger partial charge on any atom is 0.323 e. The molecule has 4 nitrogen and oxygen atoms in total. The number of carboxylic acids is 1. The van der Waals surface area contributed by atoms with Crippen LogP contribution in [0.4, 0.5) is 5.69 Å². The molecule has 0 bridgehead atoms. The van der Waals surface area contributed by atoms with Crippen LogP contribution < -0.4 is 10.2 Å². The van der Waals surface area contributed by atoms with Gasteiger partial charge in [-0.2, -0.15) is 0 Å². The molecule has 112 valence electrons. The molecule has 0 aliphatic carbocycles. The molecule has 0 saturated heterocycles. The molecule has 0 aromatic heterocycles. The van der Waals surface area contributed by atoms with Gasteiger partial charge >= 0.3 is 5.97 Å². The second kappa shape index (κ2) is 7.29. The summed E-state index contributed by atoms with van der Waals surface area (Å²) < 4.78 is 0. The Hall–Kier alpha value is -1.55. The van der Waals surface area contributed by atoms with Gasteiger partial charge in [0.2, 0.25) is 0 Å². The van der Waals surface area contributed by atoms with Gasteiger partial charge in [0.25, 0.3) is 0 Å². The third-order valence-corrected chi connectivity index (χ3v) is 3.45. The molecule has 1 aromatic rings. The van der Waals surface area contributed by atoms with Gasteiger partial charge in [0, 0.05) is 25.3 Å². The fourth-order valence-electron chi connectivity index (χ4n) is 2.36. The molecular formula is C16H26N2O2. The molecule has 4 heteroatoms. The molecule has 0 aliphatic heterocycles. The van der Waals surface area contributed by atoms with E-state index in [1.165, 1.54) is 0 Å². The minimum Gasteiger partial charge on any atom is -0.480 e. The Kier molecular flexibility index (Phi) is 6.02. The summed E-state index contributed by atoms with van der Waals surface area (Å²) in [5, 5.41) is 12.5. The van der Waals surface area contributed by atoms with Crippen molar-refractivity contribution in [1.82, 2.24) is 5.32 Å². The van der Waals surface area contributed by atoms with Gasteiger partial charge in [-0.3, -0.25) is 10.1 Å². The molecule has 1 aromatic carbocycles. The lowest BCUT2D eigenvalue weighted by Crippen LogP contribution is -2.52. The molecular weight excluding hydrogens is 252 g/mol. The lowest BCUT2D eigenvalue weighted by Gasteiger charge is -2.29. The largest absolute Gasteiger partial charge is 0.480 e. The van der Waals surface area contributed by atoms with E-state index in [1.54, 1.807) is 6.92 Å². The van der Waals surface area contributed by atoms with E-state index in [0.717, 1.165) is 18.7 Å². The van der Waals surface area contributed by atoms with E-state index in [0.29, 0.717) is 6.42 Å². The molecule has 0 heterocycles. The van der Waals surface area contributed by atoms with E-state index in [2.05, 4.69) is 22.3 Å². The second-order valence-corrected chi connectivity index (χ2v) is 5.80. The van der Waals surface area contributed by atoms with Gasteiger partial charge in [0.15, 0.2) is 0 Å². The molecule has 0 radical (unpaired) electrons. The van der Waals surface area contributed by atoms with Crippen LogP contribution in [0, 0.1) is 0 Å². The van der Waals surface area contributed by atoms with Crippen molar-refractivity contribution in [3.05, 3.63) is 30.3 Å². The number of nitrogens with one attached hydrogen (secondary N) is 1. The average Bonchev–Trinajstić information content (AvgIpc) is 2.38. The van der Waals surface area contributed by atoms with E-state index >= 15 is 0 Å². The highest BCUT2D eigenvalue weighted by Gasteiger charge is 2.32. The number of aliphatic carboxylic acids is 1. The highest BCUT2D eigenvalue weighted by atomic mass is 16.4. The minimum atomic E-state index is -0.855. The Labute approximate surface area is 121 Å². The van der Waals surface area contributed by atoms with Gasteiger partial charge < -0.3 is 10.0 Å². The molecule has 0 saturated carbocycles. The maximum absolute atomic E-state index is 11.4. The van der Waals surface area contributed by atoms with Gasteiger partial charge in [-0.25, -0.2) is 0 Å². The summed E-state index contributed by atoms with van der Waals surface area (Å²) in [6.07, 6.45) is 1.44. The Morgan fingerprint density at radius 2 is 1.95 bits per heavy atom. The molecule has 20 heavy (non-hydrogen) atoms. The standard InChI is InChI=1S/C16H26N2O2/c1-13(2)17-16(3,15(19)20)11-8-12-18(4)14-9-6-5-7-10-14/h5-7,9-10,13,17H,8,11-12H2,1-4H3,(H,19,20). The zero-order chi connectivity index (χ0) is 15.2. The normalized spacial score (nSPS) is 14.1. The van der Waals surface area contributed by atoms with Crippen LogP contribution in [0.15, 0.2) is 30.3 Å². The predicted octanol–water partition coefficient (Wildman–Crippen LogP) is 2.74. The van der Waals surface area contributed by atoms with Crippen LogP contribution in [-0.4, -0.2) is 36.2 Å². The van der Waals surface area contributed by atoms with Crippen LogP contribution in [-0.2, 0) is 4.79 Å². The van der Waals surface area contributed by atoms with E-state index < -0.39 is 11.5 Å². The van der Waals surface area contributed by atoms with Gasteiger partial charge in [-0.05, 0) is 45.7 Å². The summed E-state index contributed by atoms with van der Waals surface area (Å²) in [4.78, 5) is 13.6. The summed E-state index contributed by atoms with van der Waals surface area (Å²) in [5.74, 6) is -0.784. The van der Waals surface area contributed by atoms with Crippen LogP contribution in [0.2, 0.25) is 0 Å². The van der Waals surface area contributed by atoms with Crippen molar-refractivity contribution in [1.29, 1.82) is 0 Å². The number of hydrogen-bond donors (Lipinski definition) is 2. The summed E-state index contributed by atoms with van der Waals surface area (Å²) >= 11 is 0. The van der Waals surface area contributed by atoms with Crippen molar-refractivity contribution in [3.8, 4) is 0 Å². The molecule has 2 N–H and O–H groups in total. The zero-order valence-corrected chi connectivity index (χ0v) is 12.9. The van der Waals surface area contributed by atoms with Crippen molar-refractivity contribution in [2.45, 2.75) is 45.2 Å². The fourth-order valence-corrected chi connectivity index (χ4v) is 2.36. The predicted molar refractivity (Wildman–Crippen MR) is 83.3 cm³/mol. The molecule has 0 aliphatic rings. The van der Waals surface area contributed by atoms with Gasteiger partial charge in [-0.1, -0.05) is 18.2 Å². The first-order chi connectivity index (χ1) is 9.35. The molecule has 1 atom stereocenters. The van der Waals surface area contributed by atoms with Gasteiger partial charge in [-0.15, -0.1) is 0 Å². The number of anilines is 1. The first-order valence-corrected chi connectivity index (χ1v) is 7.12. The number of carboxylic acid groups (broad SMARTS) is 1. The summed E-state index contributed by atoms with van der Waals surface area (Å²) in [6.45, 7) is 6.54. The summed E-state index contributed by atoms with van der Waals surface area (Å²) in [5.41, 5.74) is 0.299. The van der Waals surface area contributed by atoms with E-state index in [-0.39, 0.29) is 6.04 Å². The Morgan fingerprint density at radius 3 is 2.45 bits per heavy atom. The molecule has 1 rings (SSSR count). The Morgan fingerprint density at radius 1 is 1.35 bits per heavy atom. The number of carbonyl (C=O) groups is 1. The van der Waals surface area contributed by atoms with Crippen LogP contribution in [0.1, 0.15) is 33.6 Å². The van der Waals surface area contributed by atoms with Crippen molar-refractivity contribution >= 4 is 11.7 Å². The number of rotatable bonds is 8. The lowest BCUT2D eigenvalue weighted by molar-refractivity contribution is -0.144. The maximum atomic E-state index is 11.4. The van der Waals surface area contributed by atoms with Crippen molar-refractivity contribution < 1.29 is 9.90 Å². The third kappa shape index (κ3) is 4.85. The molecule has 0 amide bonds. The van der Waals surface area contributed by atoms with Crippen LogP contribution >= 0.6 is 0 Å². The third-order valence-electron chi connectivity index (χ3n) is 3.45. The van der Waals surface area contributed by atoms with Gasteiger partial charge in [0.05, 0.1) is 0 Å². The fraction of sp³-hybridized carbons (Fsp3) is 0.562. The first-order valence-electron chi connectivity index (χ1n) is 7.12. The lowest BCUT2D eigenvalue weighted by atomic mass is 9.94. The van der Waals surface area contributed by atoms with Crippen LogP contribution in [0.5, 0.6) is 0 Å². The minimum absolute atomic E-state index is 0.156. The molecule has 1 unspecified atom stereocenters. The highest BCUT2D eigenvalue weighted by molar-refractivity contribution is 5.78. The van der Waals surface area contributed by atoms with Crippen LogP contribution in [0.3, 0.4) is 0 Å². The van der Waals surface area contributed by atoms with Crippen molar-refractivity contribution in [3.63, 3.8) is 0 Å². The molecule has 0 fully saturated rings. The Bertz CT molecular complexity index is 420. The van der Waals surface area contributed by atoms with Crippen LogP contribution in [0.25, 0.3) is 0 Å². The van der Waals surface area contributed by atoms with E-state index in [1.807, 2.05) is 39.1 Å². The number of para-hydroxylation sites is 1. The zero-order valence-electron chi connectivity index (χ0n) is 12.9. The van der Waals surface area contributed by atoms with Crippen molar-refractivity contribution in [2.24, 2.45) is 0 Å². The Balaban J connectivity index is 2.51. The first kappa shape index (κ1) is 16.5.